The Bertz CT molecular complexity index is 173. The largest absolute Gasteiger partial charge is 0.394 e. The zero-order valence-corrected chi connectivity index (χ0v) is 7.44. The summed E-state index contributed by atoms with van der Waals surface area (Å²) in [7, 11) is 0. The number of aliphatic hydroxyl groups excluding tert-OH is 2. The van der Waals surface area contributed by atoms with E-state index in [-0.39, 0.29) is 19.1 Å². The predicted molar refractivity (Wildman–Crippen MR) is 48.9 cm³/mol. The Morgan fingerprint density at radius 3 is 2.77 bits per heavy atom. The highest BCUT2D eigenvalue weighted by molar-refractivity contribution is 5.81. The highest BCUT2D eigenvalue weighted by atomic mass is 16.3. The van der Waals surface area contributed by atoms with Gasteiger partial charge in [-0.05, 0) is 6.42 Å². The molecule has 5 heteroatoms. The Hall–Kier alpha value is -0.910. The molecule has 13 heavy (non-hydrogen) atoms. The van der Waals surface area contributed by atoms with Crippen molar-refractivity contribution in [2.24, 2.45) is 5.73 Å². The minimum atomic E-state index is -0.931. The lowest BCUT2D eigenvalue weighted by atomic mass is 10.2. The van der Waals surface area contributed by atoms with Gasteiger partial charge in [0.1, 0.15) is 0 Å². The third-order valence-electron chi connectivity index (χ3n) is 1.48. The van der Waals surface area contributed by atoms with E-state index in [1.165, 1.54) is 0 Å². The lowest BCUT2D eigenvalue weighted by Crippen LogP contribution is -2.43. The van der Waals surface area contributed by atoms with E-state index in [1.54, 1.807) is 6.08 Å². The first-order chi connectivity index (χ1) is 6.11. The molecular weight excluding hydrogens is 172 g/mol. The maximum absolute atomic E-state index is 11.1. The second-order valence-electron chi connectivity index (χ2n) is 2.71. The first-order valence-electron chi connectivity index (χ1n) is 4.05. The van der Waals surface area contributed by atoms with Gasteiger partial charge < -0.3 is 21.3 Å². The molecule has 2 atom stereocenters. The van der Waals surface area contributed by atoms with Crippen LogP contribution < -0.4 is 11.1 Å². The number of amides is 1. The van der Waals surface area contributed by atoms with E-state index in [4.69, 9.17) is 15.9 Å². The molecule has 0 aromatic rings. The third-order valence-corrected chi connectivity index (χ3v) is 1.48. The van der Waals surface area contributed by atoms with E-state index in [9.17, 15) is 4.79 Å². The van der Waals surface area contributed by atoms with Gasteiger partial charge >= 0.3 is 0 Å². The Morgan fingerprint density at radius 1 is 1.69 bits per heavy atom. The van der Waals surface area contributed by atoms with Crippen LogP contribution in [0.2, 0.25) is 0 Å². The standard InChI is InChI=1S/C8H16N2O3/c1-2-3-7(9)8(13)10-4-6(12)5-11/h2,6-7,11-12H,1,3-5,9H2,(H,10,13). The van der Waals surface area contributed by atoms with E-state index in [0.29, 0.717) is 6.42 Å². The molecule has 5 nitrogen and oxygen atoms in total. The third kappa shape index (κ3) is 5.35. The van der Waals surface area contributed by atoms with Crippen molar-refractivity contribution < 1.29 is 15.0 Å². The highest BCUT2D eigenvalue weighted by Crippen LogP contribution is 1.88. The molecule has 2 unspecified atom stereocenters. The van der Waals surface area contributed by atoms with Crippen molar-refractivity contribution in [1.82, 2.24) is 5.32 Å². The Labute approximate surface area is 77.2 Å². The van der Waals surface area contributed by atoms with Crippen molar-refractivity contribution in [3.8, 4) is 0 Å². The van der Waals surface area contributed by atoms with E-state index >= 15 is 0 Å². The van der Waals surface area contributed by atoms with Crippen LogP contribution in [0.15, 0.2) is 12.7 Å². The second kappa shape index (κ2) is 6.59. The number of nitrogens with one attached hydrogen (secondary N) is 1. The molecule has 76 valence electrons. The molecule has 5 N–H and O–H groups in total. The average molecular weight is 188 g/mol. The molecule has 0 radical (unpaired) electrons. The maximum atomic E-state index is 11.1. The lowest BCUT2D eigenvalue weighted by molar-refractivity contribution is -0.122. The van der Waals surface area contributed by atoms with Crippen LogP contribution in [0.4, 0.5) is 0 Å². The molecule has 0 heterocycles. The number of carbonyl (C=O) groups is 1. The zero-order chi connectivity index (χ0) is 10.3. The quantitative estimate of drug-likeness (QED) is 0.376. The summed E-state index contributed by atoms with van der Waals surface area (Å²) in [6, 6.07) is -0.636. The van der Waals surface area contributed by atoms with Crippen molar-refractivity contribution in [2.75, 3.05) is 13.2 Å². The fraction of sp³-hybridized carbons (Fsp3) is 0.625. The number of hydrogen-bond acceptors (Lipinski definition) is 4. The number of nitrogens with two attached hydrogens (primary N) is 1. The zero-order valence-electron chi connectivity index (χ0n) is 7.44. The molecule has 0 aromatic carbocycles. The van der Waals surface area contributed by atoms with Crippen molar-refractivity contribution in [2.45, 2.75) is 18.6 Å². The first kappa shape index (κ1) is 12.1. The summed E-state index contributed by atoms with van der Waals surface area (Å²) in [5.74, 6) is -0.354. The van der Waals surface area contributed by atoms with E-state index in [0.717, 1.165) is 0 Å². The van der Waals surface area contributed by atoms with Gasteiger partial charge in [-0.1, -0.05) is 6.08 Å². The number of aliphatic hydroxyl groups is 2. The van der Waals surface area contributed by atoms with E-state index in [2.05, 4.69) is 11.9 Å². The fourth-order valence-electron chi connectivity index (χ4n) is 0.701. The molecular formula is C8H16N2O3. The highest BCUT2D eigenvalue weighted by Gasteiger charge is 2.12. The molecule has 0 rings (SSSR count). The molecule has 0 saturated carbocycles. The number of rotatable bonds is 6. The summed E-state index contributed by atoms with van der Waals surface area (Å²) >= 11 is 0. The maximum Gasteiger partial charge on any atom is 0.237 e. The first-order valence-corrected chi connectivity index (χ1v) is 4.05. The summed E-state index contributed by atoms with van der Waals surface area (Å²) in [4.78, 5) is 11.1. The van der Waals surface area contributed by atoms with Crippen LogP contribution in [-0.2, 0) is 4.79 Å². The van der Waals surface area contributed by atoms with Gasteiger partial charge in [-0.3, -0.25) is 4.79 Å². The Balaban J connectivity index is 3.67. The minimum absolute atomic E-state index is 0.0141. The van der Waals surface area contributed by atoms with Crippen LogP contribution in [0, 0.1) is 0 Å². The van der Waals surface area contributed by atoms with E-state index in [1.807, 2.05) is 0 Å². The molecule has 0 bridgehead atoms. The van der Waals surface area contributed by atoms with E-state index < -0.39 is 12.1 Å². The predicted octanol–water partition coefficient (Wildman–Crippen LogP) is -1.64. The van der Waals surface area contributed by atoms with Crippen LogP contribution in [0.1, 0.15) is 6.42 Å². The molecule has 0 aromatic heterocycles. The van der Waals surface area contributed by atoms with Crippen molar-refractivity contribution in [1.29, 1.82) is 0 Å². The van der Waals surface area contributed by atoms with Crippen molar-refractivity contribution in [3.05, 3.63) is 12.7 Å². The summed E-state index contributed by atoms with van der Waals surface area (Å²) in [5.41, 5.74) is 5.43. The molecule has 0 aliphatic heterocycles. The monoisotopic (exact) mass is 188 g/mol. The molecule has 0 saturated heterocycles. The molecule has 0 fully saturated rings. The van der Waals surface area contributed by atoms with Gasteiger partial charge in [-0.15, -0.1) is 6.58 Å². The van der Waals surface area contributed by atoms with Gasteiger partial charge in [-0.25, -0.2) is 0 Å². The van der Waals surface area contributed by atoms with Crippen molar-refractivity contribution in [3.63, 3.8) is 0 Å². The summed E-state index contributed by atoms with van der Waals surface area (Å²) in [6.45, 7) is 3.08. The van der Waals surface area contributed by atoms with Crippen LogP contribution in [0.25, 0.3) is 0 Å². The van der Waals surface area contributed by atoms with Crippen LogP contribution in [-0.4, -0.2) is 41.4 Å². The molecule has 0 spiro atoms. The van der Waals surface area contributed by atoms with Gasteiger partial charge in [0, 0.05) is 6.54 Å². The SMILES string of the molecule is C=CCC(N)C(=O)NCC(O)CO. The Kier molecular flexibility index (Phi) is 6.13. The smallest absolute Gasteiger partial charge is 0.237 e. The van der Waals surface area contributed by atoms with Crippen LogP contribution >= 0.6 is 0 Å². The van der Waals surface area contributed by atoms with Gasteiger partial charge in [-0.2, -0.15) is 0 Å². The van der Waals surface area contributed by atoms with Gasteiger partial charge in [0.05, 0.1) is 18.8 Å². The summed E-state index contributed by atoms with van der Waals surface area (Å²) < 4.78 is 0. The molecule has 1 amide bonds. The van der Waals surface area contributed by atoms with Gasteiger partial charge in [0.25, 0.3) is 0 Å². The van der Waals surface area contributed by atoms with Crippen LogP contribution in [0.3, 0.4) is 0 Å². The normalized spacial score (nSPS) is 14.7. The second-order valence-corrected chi connectivity index (χ2v) is 2.71. The number of carbonyl (C=O) groups excluding carboxylic acids is 1. The summed E-state index contributed by atoms with van der Waals surface area (Å²) in [6.07, 6.45) is 1.01. The molecule has 0 aliphatic carbocycles. The van der Waals surface area contributed by atoms with Crippen LogP contribution in [0.5, 0.6) is 0 Å². The number of hydrogen-bond donors (Lipinski definition) is 4. The van der Waals surface area contributed by atoms with Crippen molar-refractivity contribution >= 4 is 5.91 Å². The van der Waals surface area contributed by atoms with Gasteiger partial charge in [0.2, 0.25) is 5.91 Å². The summed E-state index contributed by atoms with van der Waals surface area (Å²) in [5, 5.41) is 19.7. The Morgan fingerprint density at radius 2 is 2.31 bits per heavy atom. The minimum Gasteiger partial charge on any atom is -0.394 e. The lowest BCUT2D eigenvalue weighted by Gasteiger charge is -2.12. The topological polar surface area (TPSA) is 95.6 Å². The fourth-order valence-corrected chi connectivity index (χ4v) is 0.701. The molecule has 0 aliphatic rings. The average Bonchev–Trinajstić information content (AvgIpc) is 2.13. The van der Waals surface area contributed by atoms with Gasteiger partial charge in [0.15, 0.2) is 0 Å².